The second-order valence-corrected chi connectivity index (χ2v) is 2.71. The summed E-state index contributed by atoms with van der Waals surface area (Å²) >= 11 is 0. The van der Waals surface area contributed by atoms with Gasteiger partial charge in [-0.05, 0) is 14.1 Å². The van der Waals surface area contributed by atoms with Crippen LogP contribution in [-0.2, 0) is 4.74 Å². The zero-order valence-electron chi connectivity index (χ0n) is 7.16. The van der Waals surface area contributed by atoms with Crippen molar-refractivity contribution in [3.05, 3.63) is 0 Å². The monoisotopic (exact) mass is 163 g/mol. The first-order chi connectivity index (χ1) is 5.16. The molecule has 4 nitrogen and oxygen atoms in total. The summed E-state index contributed by atoms with van der Waals surface area (Å²) in [6.07, 6.45) is -0.739. The molecule has 0 aromatic rings. The smallest absolute Gasteiger partial charge is 0.100 e. The molecule has 2 N–H and O–H groups in total. The molecule has 0 saturated heterocycles. The normalized spacial score (nSPS) is 13.9. The van der Waals surface area contributed by atoms with E-state index in [2.05, 4.69) is 0 Å². The van der Waals surface area contributed by atoms with Crippen molar-refractivity contribution in [2.24, 2.45) is 0 Å². The Labute approximate surface area is 67.4 Å². The van der Waals surface area contributed by atoms with Crippen molar-refractivity contribution in [1.82, 2.24) is 4.90 Å². The second-order valence-electron chi connectivity index (χ2n) is 2.71. The number of likely N-dealkylation sites (N-methyl/N-ethyl adjacent to an activating group) is 1. The highest BCUT2D eigenvalue weighted by atomic mass is 16.5. The molecule has 0 aromatic heterocycles. The lowest BCUT2D eigenvalue weighted by Crippen LogP contribution is -2.23. The Hall–Kier alpha value is -0.160. The van der Waals surface area contributed by atoms with Gasteiger partial charge >= 0.3 is 0 Å². The van der Waals surface area contributed by atoms with Gasteiger partial charge in [0.1, 0.15) is 6.10 Å². The van der Waals surface area contributed by atoms with E-state index in [0.717, 1.165) is 6.54 Å². The van der Waals surface area contributed by atoms with Crippen LogP contribution in [0.3, 0.4) is 0 Å². The van der Waals surface area contributed by atoms with Crippen molar-refractivity contribution in [2.45, 2.75) is 6.10 Å². The van der Waals surface area contributed by atoms with Crippen molar-refractivity contribution < 1.29 is 14.9 Å². The van der Waals surface area contributed by atoms with E-state index in [9.17, 15) is 0 Å². The SMILES string of the molecule is CN(C)CCOCC(O)CO. The van der Waals surface area contributed by atoms with Crippen LogP contribution in [0.5, 0.6) is 0 Å². The average molecular weight is 163 g/mol. The molecule has 0 saturated carbocycles. The Kier molecular flexibility index (Phi) is 6.45. The lowest BCUT2D eigenvalue weighted by atomic mass is 10.4. The highest BCUT2D eigenvalue weighted by Crippen LogP contribution is 1.84. The highest BCUT2D eigenvalue weighted by molar-refractivity contribution is 4.49. The van der Waals surface area contributed by atoms with Crippen molar-refractivity contribution in [1.29, 1.82) is 0 Å². The molecule has 0 aromatic carbocycles. The quantitative estimate of drug-likeness (QED) is 0.489. The molecule has 0 fully saturated rings. The maximum atomic E-state index is 8.83. The highest BCUT2D eigenvalue weighted by Gasteiger charge is 2.00. The Balaban J connectivity index is 3.01. The molecule has 0 rings (SSSR count). The van der Waals surface area contributed by atoms with Crippen LogP contribution in [0, 0.1) is 0 Å². The number of aliphatic hydroxyl groups is 2. The first-order valence-electron chi connectivity index (χ1n) is 3.68. The van der Waals surface area contributed by atoms with Crippen molar-refractivity contribution in [2.75, 3.05) is 40.5 Å². The molecule has 68 valence electrons. The summed E-state index contributed by atoms with van der Waals surface area (Å²) in [6.45, 7) is 1.40. The summed E-state index contributed by atoms with van der Waals surface area (Å²) in [7, 11) is 3.90. The molecule has 0 aliphatic carbocycles. The molecule has 1 unspecified atom stereocenters. The Bertz CT molecular complexity index is 87.8. The van der Waals surface area contributed by atoms with E-state index < -0.39 is 6.10 Å². The van der Waals surface area contributed by atoms with Crippen LogP contribution in [0.4, 0.5) is 0 Å². The molecule has 0 aliphatic rings. The molecular formula is C7H17NO3. The molecule has 4 heteroatoms. The summed E-state index contributed by atoms with van der Waals surface area (Å²) in [5.74, 6) is 0. The van der Waals surface area contributed by atoms with Gasteiger partial charge in [-0.15, -0.1) is 0 Å². The molecule has 0 heterocycles. The van der Waals surface area contributed by atoms with E-state index in [-0.39, 0.29) is 13.2 Å². The fourth-order valence-corrected chi connectivity index (χ4v) is 0.519. The first kappa shape index (κ1) is 10.8. The van der Waals surface area contributed by atoms with Gasteiger partial charge in [-0.1, -0.05) is 0 Å². The van der Waals surface area contributed by atoms with Crippen LogP contribution < -0.4 is 0 Å². The molecule has 0 aliphatic heterocycles. The van der Waals surface area contributed by atoms with Gasteiger partial charge in [0.2, 0.25) is 0 Å². The molecule has 0 spiro atoms. The molecule has 11 heavy (non-hydrogen) atoms. The summed E-state index contributed by atoms with van der Waals surface area (Å²) in [4.78, 5) is 1.99. The van der Waals surface area contributed by atoms with Gasteiger partial charge in [-0.2, -0.15) is 0 Å². The third kappa shape index (κ3) is 7.74. The van der Waals surface area contributed by atoms with Gasteiger partial charge in [-0.3, -0.25) is 0 Å². The van der Waals surface area contributed by atoms with Crippen LogP contribution in [0.2, 0.25) is 0 Å². The van der Waals surface area contributed by atoms with Gasteiger partial charge in [0, 0.05) is 6.54 Å². The lowest BCUT2D eigenvalue weighted by Gasteiger charge is -2.11. The molecule has 0 radical (unpaired) electrons. The maximum absolute atomic E-state index is 8.83. The fourth-order valence-electron chi connectivity index (χ4n) is 0.519. The molecule has 1 atom stereocenters. The van der Waals surface area contributed by atoms with Crippen LogP contribution in [0.15, 0.2) is 0 Å². The first-order valence-corrected chi connectivity index (χ1v) is 3.68. The molecule has 0 bridgehead atoms. The van der Waals surface area contributed by atoms with Crippen molar-refractivity contribution >= 4 is 0 Å². The molecular weight excluding hydrogens is 146 g/mol. The van der Waals surface area contributed by atoms with Crippen LogP contribution in [-0.4, -0.2) is 61.7 Å². The Morgan fingerprint density at radius 2 is 2.09 bits per heavy atom. The zero-order valence-corrected chi connectivity index (χ0v) is 7.16. The summed E-state index contributed by atoms with van der Waals surface area (Å²) in [5, 5.41) is 17.2. The van der Waals surface area contributed by atoms with E-state index in [1.54, 1.807) is 0 Å². The number of ether oxygens (including phenoxy) is 1. The topological polar surface area (TPSA) is 52.9 Å². The fraction of sp³-hybridized carbons (Fsp3) is 1.00. The lowest BCUT2D eigenvalue weighted by molar-refractivity contribution is 0.00299. The summed E-state index contributed by atoms with van der Waals surface area (Å²) < 4.78 is 5.05. The van der Waals surface area contributed by atoms with E-state index in [1.165, 1.54) is 0 Å². The van der Waals surface area contributed by atoms with Crippen molar-refractivity contribution in [3.8, 4) is 0 Å². The van der Waals surface area contributed by atoms with Crippen molar-refractivity contribution in [3.63, 3.8) is 0 Å². The minimum Gasteiger partial charge on any atom is -0.394 e. The van der Waals surface area contributed by atoms with Crippen LogP contribution >= 0.6 is 0 Å². The number of rotatable bonds is 6. The van der Waals surface area contributed by atoms with Crippen LogP contribution in [0.25, 0.3) is 0 Å². The predicted molar refractivity (Wildman–Crippen MR) is 42.5 cm³/mol. The Morgan fingerprint density at radius 3 is 2.55 bits per heavy atom. The number of aliphatic hydroxyl groups excluding tert-OH is 2. The van der Waals surface area contributed by atoms with Gasteiger partial charge in [0.25, 0.3) is 0 Å². The summed E-state index contributed by atoms with van der Waals surface area (Å²) in [5.41, 5.74) is 0. The molecule has 0 amide bonds. The van der Waals surface area contributed by atoms with Gasteiger partial charge in [0.05, 0.1) is 19.8 Å². The number of hydrogen-bond acceptors (Lipinski definition) is 4. The predicted octanol–water partition coefficient (Wildman–Crippen LogP) is -1.08. The second kappa shape index (κ2) is 6.54. The van der Waals surface area contributed by atoms with E-state index in [1.807, 2.05) is 19.0 Å². The maximum Gasteiger partial charge on any atom is 0.100 e. The summed E-state index contributed by atoms with van der Waals surface area (Å²) in [6, 6.07) is 0. The minimum atomic E-state index is -0.739. The standard InChI is InChI=1S/C7H17NO3/c1-8(2)3-4-11-6-7(10)5-9/h7,9-10H,3-6H2,1-2H3. The van der Waals surface area contributed by atoms with Gasteiger partial charge in [0.15, 0.2) is 0 Å². The largest absolute Gasteiger partial charge is 0.394 e. The van der Waals surface area contributed by atoms with E-state index >= 15 is 0 Å². The minimum absolute atomic E-state index is 0.213. The third-order valence-electron chi connectivity index (χ3n) is 1.20. The zero-order chi connectivity index (χ0) is 8.69. The third-order valence-corrected chi connectivity index (χ3v) is 1.20. The van der Waals surface area contributed by atoms with Gasteiger partial charge < -0.3 is 19.8 Å². The van der Waals surface area contributed by atoms with E-state index in [4.69, 9.17) is 14.9 Å². The Morgan fingerprint density at radius 1 is 1.45 bits per heavy atom. The average Bonchev–Trinajstić information content (AvgIpc) is 1.97. The van der Waals surface area contributed by atoms with E-state index in [0.29, 0.717) is 6.61 Å². The van der Waals surface area contributed by atoms with Crippen LogP contribution in [0.1, 0.15) is 0 Å². The van der Waals surface area contributed by atoms with Gasteiger partial charge in [-0.25, -0.2) is 0 Å². The number of nitrogens with zero attached hydrogens (tertiary/aromatic N) is 1. The number of hydrogen-bond donors (Lipinski definition) is 2.